The Morgan fingerprint density at radius 1 is 1.53 bits per heavy atom. The van der Waals surface area contributed by atoms with E-state index in [4.69, 9.17) is 10.5 Å². The molecule has 1 unspecified atom stereocenters. The van der Waals surface area contributed by atoms with Crippen molar-refractivity contribution in [3.05, 3.63) is 24.3 Å². The molecule has 0 bridgehead atoms. The number of rotatable bonds is 7. The summed E-state index contributed by atoms with van der Waals surface area (Å²) in [5.41, 5.74) is 6.43. The second kappa shape index (κ2) is 7.76. The van der Waals surface area contributed by atoms with Crippen LogP contribution in [0.4, 0.5) is 5.69 Å². The molecule has 1 aromatic rings. The minimum atomic E-state index is -0.0413. The van der Waals surface area contributed by atoms with E-state index in [-0.39, 0.29) is 11.9 Å². The number of hydrogen-bond acceptors (Lipinski definition) is 4. The highest BCUT2D eigenvalue weighted by atomic mass is 16.5. The van der Waals surface area contributed by atoms with E-state index in [9.17, 15) is 4.79 Å². The van der Waals surface area contributed by atoms with E-state index in [2.05, 4.69) is 5.32 Å². The Balaban J connectivity index is 2.41. The molecule has 0 saturated heterocycles. The van der Waals surface area contributed by atoms with E-state index in [1.807, 2.05) is 37.1 Å². The Hall–Kier alpha value is -1.59. The molecule has 0 aromatic heterocycles. The van der Waals surface area contributed by atoms with Crippen molar-refractivity contribution in [2.75, 3.05) is 32.6 Å². The van der Waals surface area contributed by atoms with E-state index in [0.29, 0.717) is 6.54 Å². The molecule has 3 N–H and O–H groups in total. The fraction of sp³-hybridized carbons (Fsp3) is 0.500. The molecule has 1 aromatic carbocycles. The Kier molecular flexibility index (Phi) is 6.32. The Morgan fingerprint density at radius 3 is 2.89 bits per heavy atom. The van der Waals surface area contributed by atoms with Gasteiger partial charge in [-0.05, 0) is 39.1 Å². The Labute approximate surface area is 114 Å². The molecule has 0 spiro atoms. The van der Waals surface area contributed by atoms with Crippen molar-refractivity contribution < 1.29 is 9.53 Å². The molecule has 106 valence electrons. The van der Waals surface area contributed by atoms with Gasteiger partial charge in [0.2, 0.25) is 5.91 Å². The van der Waals surface area contributed by atoms with E-state index in [0.717, 1.165) is 24.4 Å². The van der Waals surface area contributed by atoms with Gasteiger partial charge >= 0.3 is 0 Å². The number of carbonyl (C=O) groups excluding carboxylic acids is 1. The Bertz CT molecular complexity index is 407. The van der Waals surface area contributed by atoms with Crippen molar-refractivity contribution in [2.45, 2.75) is 19.4 Å². The van der Waals surface area contributed by atoms with Gasteiger partial charge < -0.3 is 15.8 Å². The summed E-state index contributed by atoms with van der Waals surface area (Å²) in [6.07, 6.45) is 0.878. The van der Waals surface area contributed by atoms with Crippen molar-refractivity contribution in [2.24, 2.45) is 5.73 Å². The first kappa shape index (κ1) is 15.5. The molecule has 0 saturated carbocycles. The van der Waals surface area contributed by atoms with Crippen LogP contribution in [0.3, 0.4) is 0 Å². The van der Waals surface area contributed by atoms with Crippen LogP contribution in [0.25, 0.3) is 0 Å². The number of nitrogens with one attached hydrogen (secondary N) is 1. The molecule has 0 fully saturated rings. The van der Waals surface area contributed by atoms with Crippen LogP contribution in [0.1, 0.15) is 13.3 Å². The number of carbonyl (C=O) groups is 1. The molecule has 1 amide bonds. The molecule has 19 heavy (non-hydrogen) atoms. The molecule has 5 heteroatoms. The zero-order valence-electron chi connectivity index (χ0n) is 11.8. The van der Waals surface area contributed by atoms with Crippen LogP contribution >= 0.6 is 0 Å². The Morgan fingerprint density at radius 2 is 2.26 bits per heavy atom. The number of hydrogen-bond donors (Lipinski definition) is 2. The summed E-state index contributed by atoms with van der Waals surface area (Å²) in [5.74, 6) is 0.684. The third-order valence-electron chi connectivity index (χ3n) is 2.73. The molecule has 1 rings (SSSR count). The molecule has 0 heterocycles. The first-order chi connectivity index (χ1) is 9.01. The minimum Gasteiger partial charge on any atom is -0.497 e. The minimum absolute atomic E-state index is 0.0413. The second-order valence-electron chi connectivity index (χ2n) is 4.78. The third-order valence-corrected chi connectivity index (χ3v) is 2.73. The topological polar surface area (TPSA) is 67.6 Å². The van der Waals surface area contributed by atoms with Crippen LogP contribution in [-0.4, -0.2) is 44.1 Å². The second-order valence-corrected chi connectivity index (χ2v) is 4.78. The van der Waals surface area contributed by atoms with Gasteiger partial charge in [-0.25, -0.2) is 0 Å². The number of likely N-dealkylation sites (N-methyl/N-ethyl adjacent to an activating group) is 1. The number of nitrogens with two attached hydrogens (primary N) is 1. The summed E-state index contributed by atoms with van der Waals surface area (Å²) in [7, 11) is 3.51. The van der Waals surface area contributed by atoms with E-state index in [1.165, 1.54) is 0 Å². The standard InChI is InChI=1S/C14H23N3O2/c1-11(15)7-8-17(2)10-14(18)16-12-5-4-6-13(9-12)19-3/h4-6,9,11H,7-8,10,15H2,1-3H3,(H,16,18). The van der Waals surface area contributed by atoms with E-state index in [1.54, 1.807) is 13.2 Å². The highest BCUT2D eigenvalue weighted by Gasteiger charge is 2.08. The summed E-state index contributed by atoms with van der Waals surface area (Å²) in [6.45, 7) is 3.12. The van der Waals surface area contributed by atoms with Gasteiger partial charge in [-0.15, -0.1) is 0 Å². The molecule has 1 atom stereocenters. The number of nitrogens with zero attached hydrogens (tertiary/aromatic N) is 1. The van der Waals surface area contributed by atoms with Gasteiger partial charge in [0.25, 0.3) is 0 Å². The number of ether oxygens (including phenoxy) is 1. The highest BCUT2D eigenvalue weighted by Crippen LogP contribution is 2.16. The lowest BCUT2D eigenvalue weighted by Gasteiger charge is -2.17. The van der Waals surface area contributed by atoms with Crippen LogP contribution in [0.5, 0.6) is 5.75 Å². The van der Waals surface area contributed by atoms with Crippen LogP contribution in [0.2, 0.25) is 0 Å². The average Bonchev–Trinajstić information content (AvgIpc) is 2.36. The zero-order chi connectivity index (χ0) is 14.3. The monoisotopic (exact) mass is 265 g/mol. The summed E-state index contributed by atoms with van der Waals surface area (Å²) < 4.78 is 5.11. The number of amides is 1. The quantitative estimate of drug-likeness (QED) is 0.780. The van der Waals surface area contributed by atoms with Gasteiger partial charge in [-0.3, -0.25) is 9.69 Å². The summed E-state index contributed by atoms with van der Waals surface area (Å²) in [6, 6.07) is 7.46. The lowest BCUT2D eigenvalue weighted by Crippen LogP contribution is -2.33. The van der Waals surface area contributed by atoms with Crippen molar-refractivity contribution >= 4 is 11.6 Å². The van der Waals surface area contributed by atoms with Gasteiger partial charge in [0.05, 0.1) is 13.7 Å². The number of benzene rings is 1. The van der Waals surface area contributed by atoms with E-state index < -0.39 is 0 Å². The van der Waals surface area contributed by atoms with Crippen molar-refractivity contribution in [3.63, 3.8) is 0 Å². The predicted molar refractivity (Wildman–Crippen MR) is 77.4 cm³/mol. The first-order valence-corrected chi connectivity index (χ1v) is 6.39. The summed E-state index contributed by atoms with van der Waals surface area (Å²) >= 11 is 0. The van der Waals surface area contributed by atoms with Crippen molar-refractivity contribution in [1.29, 1.82) is 0 Å². The van der Waals surface area contributed by atoms with Crippen LogP contribution in [0.15, 0.2) is 24.3 Å². The van der Waals surface area contributed by atoms with Crippen LogP contribution in [-0.2, 0) is 4.79 Å². The molecular formula is C14H23N3O2. The lowest BCUT2D eigenvalue weighted by atomic mass is 10.2. The molecule has 0 aliphatic rings. The van der Waals surface area contributed by atoms with Crippen molar-refractivity contribution in [1.82, 2.24) is 4.90 Å². The van der Waals surface area contributed by atoms with Crippen LogP contribution in [0, 0.1) is 0 Å². The molecular weight excluding hydrogens is 242 g/mol. The van der Waals surface area contributed by atoms with Gasteiger partial charge in [0.15, 0.2) is 0 Å². The fourth-order valence-corrected chi connectivity index (χ4v) is 1.65. The molecule has 0 radical (unpaired) electrons. The summed E-state index contributed by atoms with van der Waals surface area (Å²) in [5, 5.41) is 2.84. The highest BCUT2D eigenvalue weighted by molar-refractivity contribution is 5.92. The maximum absolute atomic E-state index is 11.8. The SMILES string of the molecule is COc1cccc(NC(=O)CN(C)CCC(C)N)c1. The first-order valence-electron chi connectivity index (χ1n) is 6.39. The van der Waals surface area contributed by atoms with Crippen molar-refractivity contribution in [3.8, 4) is 5.75 Å². The van der Waals surface area contributed by atoms with Gasteiger partial charge in [-0.2, -0.15) is 0 Å². The maximum Gasteiger partial charge on any atom is 0.238 e. The summed E-state index contributed by atoms with van der Waals surface area (Å²) in [4.78, 5) is 13.8. The zero-order valence-corrected chi connectivity index (χ0v) is 11.8. The molecule has 0 aliphatic heterocycles. The molecule has 0 aliphatic carbocycles. The third kappa shape index (κ3) is 6.22. The maximum atomic E-state index is 11.8. The fourth-order valence-electron chi connectivity index (χ4n) is 1.65. The average molecular weight is 265 g/mol. The van der Waals surface area contributed by atoms with E-state index >= 15 is 0 Å². The van der Waals surface area contributed by atoms with Gasteiger partial charge in [0, 0.05) is 17.8 Å². The predicted octanol–water partition coefficient (Wildman–Crippen LogP) is 1.30. The smallest absolute Gasteiger partial charge is 0.238 e. The largest absolute Gasteiger partial charge is 0.497 e. The lowest BCUT2D eigenvalue weighted by molar-refractivity contribution is -0.117. The number of methoxy groups -OCH3 is 1. The normalized spacial score (nSPS) is 12.3. The number of anilines is 1. The van der Waals surface area contributed by atoms with Crippen LogP contribution < -0.4 is 15.8 Å². The van der Waals surface area contributed by atoms with Gasteiger partial charge in [-0.1, -0.05) is 6.07 Å². The van der Waals surface area contributed by atoms with Gasteiger partial charge in [0.1, 0.15) is 5.75 Å². The molecule has 5 nitrogen and oxygen atoms in total.